The van der Waals surface area contributed by atoms with Crippen LogP contribution in [0.4, 0.5) is 0 Å². The van der Waals surface area contributed by atoms with Gasteiger partial charge in [-0.05, 0) is 19.0 Å². The summed E-state index contributed by atoms with van der Waals surface area (Å²) in [5, 5.41) is 2.61. The lowest BCUT2D eigenvalue weighted by Gasteiger charge is -1.97. The van der Waals surface area contributed by atoms with Gasteiger partial charge in [0, 0.05) is 6.61 Å². The molecular weight excluding hydrogens is 94.0 g/mol. The van der Waals surface area contributed by atoms with Gasteiger partial charge < -0.3 is 4.74 Å². The van der Waals surface area contributed by atoms with Gasteiger partial charge in [-0.15, -0.1) is 4.91 Å². The highest BCUT2D eigenvalue weighted by Crippen LogP contribution is 1.87. The average molecular weight is 103 g/mol. The molecule has 1 atom stereocenters. The second-order valence-corrected chi connectivity index (χ2v) is 1.16. The predicted octanol–water partition coefficient (Wildman–Crippen LogP) is 1.14. The third kappa shape index (κ3) is 3.39. The van der Waals surface area contributed by atoms with Crippen molar-refractivity contribution >= 4 is 0 Å². The Morgan fingerprint density at radius 1 is 1.86 bits per heavy atom. The minimum atomic E-state index is -0.481. The molecular formula is C4H9NO2. The molecule has 0 rings (SSSR count). The summed E-state index contributed by atoms with van der Waals surface area (Å²) in [5.41, 5.74) is 0. The number of nitroso groups, excluding NO2 is 1. The molecule has 3 nitrogen and oxygen atoms in total. The molecule has 0 radical (unpaired) electrons. The van der Waals surface area contributed by atoms with Crippen molar-refractivity contribution in [3.05, 3.63) is 4.91 Å². The van der Waals surface area contributed by atoms with Crippen molar-refractivity contribution in [3.63, 3.8) is 0 Å². The Morgan fingerprint density at radius 3 is 2.57 bits per heavy atom. The first-order valence-electron chi connectivity index (χ1n) is 2.25. The zero-order chi connectivity index (χ0) is 5.70. The van der Waals surface area contributed by atoms with E-state index < -0.39 is 6.23 Å². The molecule has 0 aromatic carbocycles. The van der Waals surface area contributed by atoms with Gasteiger partial charge in [0.25, 0.3) is 0 Å². The normalized spacial score (nSPS) is 13.4. The summed E-state index contributed by atoms with van der Waals surface area (Å²) >= 11 is 0. The fraction of sp³-hybridized carbons (Fsp3) is 1.00. The van der Waals surface area contributed by atoms with Crippen LogP contribution in [0.1, 0.15) is 13.8 Å². The molecule has 0 fully saturated rings. The molecule has 42 valence electrons. The van der Waals surface area contributed by atoms with Gasteiger partial charge in [-0.2, -0.15) is 0 Å². The van der Waals surface area contributed by atoms with Gasteiger partial charge in [-0.1, -0.05) is 0 Å². The van der Waals surface area contributed by atoms with E-state index in [9.17, 15) is 4.91 Å². The summed E-state index contributed by atoms with van der Waals surface area (Å²) in [6.07, 6.45) is -0.481. The van der Waals surface area contributed by atoms with E-state index in [1.807, 2.05) is 6.92 Å². The lowest BCUT2D eigenvalue weighted by molar-refractivity contribution is 0.0819. The van der Waals surface area contributed by atoms with E-state index in [1.165, 1.54) is 0 Å². The fourth-order valence-corrected chi connectivity index (χ4v) is 0.272. The number of nitrogens with zero attached hydrogens (tertiary/aromatic N) is 1. The summed E-state index contributed by atoms with van der Waals surface area (Å²) in [4.78, 5) is 9.52. The highest BCUT2D eigenvalue weighted by Gasteiger charge is 1.93. The van der Waals surface area contributed by atoms with E-state index in [4.69, 9.17) is 4.74 Å². The maximum Gasteiger partial charge on any atom is 0.186 e. The summed E-state index contributed by atoms with van der Waals surface area (Å²) in [6, 6.07) is 0. The van der Waals surface area contributed by atoms with Crippen molar-refractivity contribution in [2.45, 2.75) is 20.1 Å². The van der Waals surface area contributed by atoms with Crippen LogP contribution >= 0.6 is 0 Å². The van der Waals surface area contributed by atoms with E-state index >= 15 is 0 Å². The molecule has 0 spiro atoms. The molecule has 0 amide bonds. The van der Waals surface area contributed by atoms with E-state index in [0.29, 0.717) is 6.61 Å². The zero-order valence-corrected chi connectivity index (χ0v) is 4.55. The van der Waals surface area contributed by atoms with Gasteiger partial charge in [0.15, 0.2) is 6.23 Å². The van der Waals surface area contributed by atoms with Crippen LogP contribution in [0.2, 0.25) is 0 Å². The summed E-state index contributed by atoms with van der Waals surface area (Å²) in [6.45, 7) is 3.98. The van der Waals surface area contributed by atoms with Crippen LogP contribution in [0.15, 0.2) is 5.18 Å². The van der Waals surface area contributed by atoms with Crippen LogP contribution in [-0.2, 0) is 4.74 Å². The first kappa shape index (κ1) is 6.56. The molecule has 0 aliphatic carbocycles. The molecule has 0 aliphatic rings. The third-order valence-electron chi connectivity index (χ3n) is 0.556. The molecule has 0 saturated carbocycles. The van der Waals surface area contributed by atoms with Gasteiger partial charge in [-0.25, -0.2) is 0 Å². The minimum absolute atomic E-state index is 0.481. The first-order chi connectivity index (χ1) is 3.31. The highest BCUT2D eigenvalue weighted by molar-refractivity contribution is 4.38. The van der Waals surface area contributed by atoms with Crippen LogP contribution in [0.5, 0.6) is 0 Å². The van der Waals surface area contributed by atoms with Crippen LogP contribution in [-0.4, -0.2) is 12.8 Å². The number of hydrogen-bond donors (Lipinski definition) is 0. The Bertz CT molecular complexity index is 55.7. The molecule has 1 unspecified atom stereocenters. The van der Waals surface area contributed by atoms with E-state index in [1.54, 1.807) is 6.92 Å². The Hall–Kier alpha value is -0.440. The van der Waals surface area contributed by atoms with Crippen LogP contribution in [0.3, 0.4) is 0 Å². The van der Waals surface area contributed by atoms with E-state index in [2.05, 4.69) is 5.18 Å². The third-order valence-corrected chi connectivity index (χ3v) is 0.556. The second kappa shape index (κ2) is 3.74. The quantitative estimate of drug-likeness (QED) is 0.502. The van der Waals surface area contributed by atoms with Crippen molar-refractivity contribution in [3.8, 4) is 0 Å². The van der Waals surface area contributed by atoms with E-state index in [-0.39, 0.29) is 0 Å². The molecule has 7 heavy (non-hydrogen) atoms. The van der Waals surface area contributed by atoms with Gasteiger partial charge in [0.2, 0.25) is 0 Å². The van der Waals surface area contributed by atoms with Crippen molar-refractivity contribution in [1.82, 2.24) is 0 Å². The van der Waals surface area contributed by atoms with Crippen molar-refractivity contribution in [2.24, 2.45) is 5.18 Å². The monoisotopic (exact) mass is 103 g/mol. The smallest absolute Gasteiger partial charge is 0.186 e. The topological polar surface area (TPSA) is 38.7 Å². The Morgan fingerprint density at radius 2 is 2.43 bits per heavy atom. The molecule has 0 N–H and O–H groups in total. The molecule has 0 aromatic rings. The highest BCUT2D eigenvalue weighted by atomic mass is 16.5. The number of rotatable bonds is 3. The SMILES string of the molecule is CCOC(C)N=O. The number of ether oxygens (including phenoxy) is 1. The van der Waals surface area contributed by atoms with E-state index in [0.717, 1.165) is 0 Å². The standard InChI is InChI=1S/C4H9NO2/c1-3-7-4(2)5-6/h4H,3H2,1-2H3. The van der Waals surface area contributed by atoms with Crippen LogP contribution in [0, 0.1) is 4.91 Å². The molecule has 0 saturated heterocycles. The largest absolute Gasteiger partial charge is 0.353 e. The predicted molar refractivity (Wildman–Crippen MR) is 26.9 cm³/mol. The Labute approximate surface area is 42.6 Å². The fourth-order valence-electron chi connectivity index (χ4n) is 0.272. The zero-order valence-electron chi connectivity index (χ0n) is 4.55. The molecule has 0 heterocycles. The maximum absolute atomic E-state index is 9.52. The first-order valence-corrected chi connectivity index (χ1v) is 2.25. The van der Waals surface area contributed by atoms with Crippen molar-refractivity contribution < 1.29 is 4.74 Å². The molecule has 0 aliphatic heterocycles. The van der Waals surface area contributed by atoms with Gasteiger partial charge in [0.05, 0.1) is 0 Å². The summed E-state index contributed by atoms with van der Waals surface area (Å²) in [5.74, 6) is 0. The summed E-state index contributed by atoms with van der Waals surface area (Å²) < 4.78 is 4.71. The van der Waals surface area contributed by atoms with Crippen LogP contribution < -0.4 is 0 Å². The minimum Gasteiger partial charge on any atom is -0.353 e. The average Bonchev–Trinajstić information content (AvgIpc) is 1.68. The van der Waals surface area contributed by atoms with Crippen LogP contribution in [0.25, 0.3) is 0 Å². The Balaban J connectivity index is 2.98. The maximum atomic E-state index is 9.52. The molecule has 3 heteroatoms. The molecule has 0 aromatic heterocycles. The number of hydrogen-bond acceptors (Lipinski definition) is 3. The lowest BCUT2D eigenvalue weighted by Crippen LogP contribution is -2.01. The van der Waals surface area contributed by atoms with Crippen molar-refractivity contribution in [1.29, 1.82) is 0 Å². The lowest BCUT2D eigenvalue weighted by atomic mass is 10.7. The second-order valence-electron chi connectivity index (χ2n) is 1.16. The Kier molecular flexibility index (Phi) is 3.50. The van der Waals surface area contributed by atoms with Crippen molar-refractivity contribution in [2.75, 3.05) is 6.61 Å². The van der Waals surface area contributed by atoms with Gasteiger partial charge >= 0.3 is 0 Å². The molecule has 0 bridgehead atoms. The van der Waals surface area contributed by atoms with Gasteiger partial charge in [0.1, 0.15) is 0 Å². The van der Waals surface area contributed by atoms with Gasteiger partial charge in [-0.3, -0.25) is 0 Å². The summed E-state index contributed by atoms with van der Waals surface area (Å²) in [7, 11) is 0.